The van der Waals surface area contributed by atoms with E-state index in [1.54, 1.807) is 19.2 Å². The van der Waals surface area contributed by atoms with Gasteiger partial charge in [-0.3, -0.25) is 4.79 Å². The molecule has 0 saturated heterocycles. The predicted molar refractivity (Wildman–Crippen MR) is 117 cm³/mol. The number of carbonyl (C=O) groups excluding carboxylic acids is 1. The number of aryl methyl sites for hydroxylation is 1. The van der Waals surface area contributed by atoms with Gasteiger partial charge in [0.2, 0.25) is 5.91 Å². The molecule has 0 saturated carbocycles. The van der Waals surface area contributed by atoms with Gasteiger partial charge in [0, 0.05) is 13.0 Å². The van der Waals surface area contributed by atoms with Crippen molar-refractivity contribution < 1.29 is 22.7 Å². The van der Waals surface area contributed by atoms with E-state index in [1.807, 2.05) is 29.7 Å². The van der Waals surface area contributed by atoms with E-state index in [-0.39, 0.29) is 29.4 Å². The Hall–Kier alpha value is -2.65. The molecule has 1 amide bonds. The van der Waals surface area contributed by atoms with Crippen LogP contribution in [0.5, 0.6) is 11.5 Å². The van der Waals surface area contributed by atoms with Crippen molar-refractivity contribution in [3.63, 3.8) is 0 Å². The second-order valence-electron chi connectivity index (χ2n) is 6.57. The summed E-state index contributed by atoms with van der Waals surface area (Å²) in [5.41, 5.74) is 0.983. The zero-order chi connectivity index (χ0) is 21.7. The average Bonchev–Trinajstić information content (AvgIpc) is 3.09. The second-order valence-corrected chi connectivity index (χ2v) is 9.68. The SMILES string of the molecule is CCn1c(=NC(=O)CCCS(=O)(=O)c2ccc(OC)cc2)sc2cc(OC)ccc21. The van der Waals surface area contributed by atoms with E-state index in [1.165, 1.54) is 30.6 Å². The number of sulfone groups is 1. The summed E-state index contributed by atoms with van der Waals surface area (Å²) in [6.07, 6.45) is 0.276. The molecule has 1 heterocycles. The first kappa shape index (κ1) is 22.0. The van der Waals surface area contributed by atoms with Crippen molar-refractivity contribution in [1.82, 2.24) is 4.57 Å². The van der Waals surface area contributed by atoms with Crippen molar-refractivity contribution >= 4 is 37.3 Å². The first-order chi connectivity index (χ1) is 14.4. The minimum absolute atomic E-state index is 0.0661. The fourth-order valence-corrected chi connectivity index (χ4v) is 5.50. The lowest BCUT2D eigenvalue weighted by atomic mass is 10.3. The highest BCUT2D eigenvalue weighted by atomic mass is 32.2. The number of benzene rings is 2. The summed E-state index contributed by atoms with van der Waals surface area (Å²) >= 11 is 1.41. The molecule has 3 rings (SSSR count). The maximum atomic E-state index is 12.5. The fraction of sp³-hybridized carbons (Fsp3) is 0.333. The van der Waals surface area contributed by atoms with Gasteiger partial charge in [0.05, 0.1) is 35.1 Å². The van der Waals surface area contributed by atoms with Gasteiger partial charge in [-0.1, -0.05) is 11.3 Å². The highest BCUT2D eigenvalue weighted by Gasteiger charge is 2.15. The number of hydrogen-bond donors (Lipinski definition) is 0. The normalized spacial score (nSPS) is 12.3. The Bertz CT molecular complexity index is 1210. The number of amides is 1. The van der Waals surface area contributed by atoms with Crippen molar-refractivity contribution in [3.8, 4) is 11.5 Å². The van der Waals surface area contributed by atoms with Gasteiger partial charge < -0.3 is 14.0 Å². The fourth-order valence-electron chi connectivity index (χ4n) is 3.05. The molecule has 0 fully saturated rings. The Morgan fingerprint density at radius 2 is 1.73 bits per heavy atom. The second kappa shape index (κ2) is 9.44. The summed E-state index contributed by atoms with van der Waals surface area (Å²) in [6, 6.07) is 12.0. The Morgan fingerprint density at radius 3 is 2.37 bits per heavy atom. The first-order valence-electron chi connectivity index (χ1n) is 9.49. The summed E-state index contributed by atoms with van der Waals surface area (Å²) in [4.78, 5) is 17.4. The standard InChI is InChI=1S/C21H24N2O5S2/c1-4-23-18-12-9-16(28-3)14-19(18)29-21(23)22-20(24)6-5-13-30(25,26)17-10-7-15(27-2)8-11-17/h7-12,14H,4-6,13H2,1-3H3. The van der Waals surface area contributed by atoms with Crippen LogP contribution in [-0.2, 0) is 21.2 Å². The number of aromatic nitrogens is 1. The minimum atomic E-state index is -3.46. The molecule has 30 heavy (non-hydrogen) atoms. The molecule has 0 radical (unpaired) electrons. The van der Waals surface area contributed by atoms with Gasteiger partial charge in [-0.25, -0.2) is 8.42 Å². The Balaban J connectivity index is 1.71. The lowest BCUT2D eigenvalue weighted by Gasteiger charge is -2.05. The summed E-state index contributed by atoms with van der Waals surface area (Å²) < 4.78 is 38.1. The van der Waals surface area contributed by atoms with E-state index in [0.717, 1.165) is 16.0 Å². The van der Waals surface area contributed by atoms with Crippen LogP contribution in [-0.4, -0.2) is 38.9 Å². The molecule has 3 aromatic rings. The molecular weight excluding hydrogens is 424 g/mol. The summed E-state index contributed by atoms with van der Waals surface area (Å²) in [5, 5.41) is 0. The quantitative estimate of drug-likeness (QED) is 0.527. The molecule has 0 bridgehead atoms. The topological polar surface area (TPSA) is 87.0 Å². The number of thiazole rings is 1. The molecular formula is C21H24N2O5S2. The molecule has 0 aliphatic heterocycles. The summed E-state index contributed by atoms with van der Waals surface area (Å²) in [7, 11) is -0.330. The maximum absolute atomic E-state index is 12.5. The van der Waals surface area contributed by atoms with Crippen molar-refractivity contribution in [2.24, 2.45) is 4.99 Å². The molecule has 0 atom stereocenters. The van der Waals surface area contributed by atoms with E-state index in [2.05, 4.69) is 4.99 Å². The predicted octanol–water partition coefficient (Wildman–Crippen LogP) is 3.42. The average molecular weight is 449 g/mol. The van der Waals surface area contributed by atoms with Gasteiger partial charge in [-0.05, 0) is 55.8 Å². The van der Waals surface area contributed by atoms with Crippen LogP contribution in [0, 0.1) is 0 Å². The maximum Gasteiger partial charge on any atom is 0.248 e. The molecule has 0 aliphatic rings. The Kier molecular flexibility index (Phi) is 6.94. The van der Waals surface area contributed by atoms with Crippen LogP contribution in [0.4, 0.5) is 0 Å². The third-order valence-electron chi connectivity index (χ3n) is 4.65. The van der Waals surface area contributed by atoms with Crippen LogP contribution in [0.2, 0.25) is 0 Å². The molecule has 1 aromatic heterocycles. The number of rotatable bonds is 8. The molecule has 2 aromatic carbocycles. The van der Waals surface area contributed by atoms with Gasteiger partial charge >= 0.3 is 0 Å². The number of nitrogens with zero attached hydrogens (tertiary/aromatic N) is 2. The number of carbonyl (C=O) groups is 1. The number of fused-ring (bicyclic) bond motifs is 1. The van der Waals surface area contributed by atoms with E-state index in [4.69, 9.17) is 9.47 Å². The summed E-state index contributed by atoms with van der Waals surface area (Å²) in [5.74, 6) is 0.889. The van der Waals surface area contributed by atoms with E-state index >= 15 is 0 Å². The smallest absolute Gasteiger partial charge is 0.248 e. The highest BCUT2D eigenvalue weighted by molar-refractivity contribution is 7.91. The molecule has 160 valence electrons. The van der Waals surface area contributed by atoms with Crippen LogP contribution in [0.25, 0.3) is 10.2 Å². The molecule has 7 nitrogen and oxygen atoms in total. The lowest BCUT2D eigenvalue weighted by Crippen LogP contribution is -2.16. The zero-order valence-corrected chi connectivity index (χ0v) is 18.8. The van der Waals surface area contributed by atoms with Crippen LogP contribution < -0.4 is 14.3 Å². The highest BCUT2D eigenvalue weighted by Crippen LogP contribution is 2.23. The molecule has 9 heteroatoms. The van der Waals surface area contributed by atoms with Crippen molar-refractivity contribution in [2.45, 2.75) is 31.2 Å². The van der Waals surface area contributed by atoms with E-state index < -0.39 is 9.84 Å². The van der Waals surface area contributed by atoms with Crippen molar-refractivity contribution in [3.05, 3.63) is 47.3 Å². The van der Waals surface area contributed by atoms with E-state index in [9.17, 15) is 13.2 Å². The van der Waals surface area contributed by atoms with E-state index in [0.29, 0.717) is 17.1 Å². The largest absolute Gasteiger partial charge is 0.497 e. The third-order valence-corrected chi connectivity index (χ3v) is 7.51. The summed E-state index contributed by atoms with van der Waals surface area (Å²) in [6.45, 7) is 2.66. The van der Waals surface area contributed by atoms with Gasteiger partial charge in [0.15, 0.2) is 14.6 Å². The molecule has 0 aliphatic carbocycles. The Labute approximate surface area is 179 Å². The van der Waals surface area contributed by atoms with Gasteiger partial charge in [-0.15, -0.1) is 0 Å². The first-order valence-corrected chi connectivity index (χ1v) is 12.0. The number of methoxy groups -OCH3 is 2. The van der Waals surface area contributed by atoms with Gasteiger partial charge in [-0.2, -0.15) is 4.99 Å². The molecule has 0 unspecified atom stereocenters. The van der Waals surface area contributed by atoms with Crippen molar-refractivity contribution in [1.29, 1.82) is 0 Å². The molecule has 0 N–H and O–H groups in total. The lowest BCUT2D eigenvalue weighted by molar-refractivity contribution is -0.118. The van der Waals surface area contributed by atoms with Gasteiger partial charge in [0.25, 0.3) is 0 Å². The monoisotopic (exact) mass is 448 g/mol. The minimum Gasteiger partial charge on any atom is -0.497 e. The zero-order valence-electron chi connectivity index (χ0n) is 17.1. The Morgan fingerprint density at radius 1 is 1.07 bits per heavy atom. The van der Waals surface area contributed by atoms with Crippen LogP contribution >= 0.6 is 11.3 Å². The van der Waals surface area contributed by atoms with Crippen LogP contribution in [0.1, 0.15) is 19.8 Å². The van der Waals surface area contributed by atoms with Crippen LogP contribution in [0.3, 0.4) is 0 Å². The number of hydrogen-bond acceptors (Lipinski definition) is 6. The van der Waals surface area contributed by atoms with Crippen molar-refractivity contribution in [2.75, 3.05) is 20.0 Å². The van der Waals surface area contributed by atoms with Crippen LogP contribution in [0.15, 0.2) is 52.4 Å². The molecule has 0 spiro atoms. The van der Waals surface area contributed by atoms with Gasteiger partial charge in [0.1, 0.15) is 11.5 Å². The number of ether oxygens (including phenoxy) is 2. The third kappa shape index (κ3) is 4.91.